The number of benzene rings is 1. The van der Waals surface area contributed by atoms with Crippen molar-refractivity contribution >= 4 is 29.4 Å². The van der Waals surface area contributed by atoms with Crippen LogP contribution in [0.4, 0.5) is 5.69 Å². The molecule has 0 aliphatic carbocycles. The smallest absolute Gasteiger partial charge is 0.328 e. The zero-order valence-corrected chi connectivity index (χ0v) is 16.0. The third kappa shape index (κ3) is 8.84. The Morgan fingerprint density at radius 1 is 1.07 bits per heavy atom. The fourth-order valence-electron chi connectivity index (χ4n) is 2.34. The zero-order valence-electron chi connectivity index (χ0n) is 16.0. The second kappa shape index (κ2) is 10.9. The molecule has 0 unspecified atom stereocenters. The van der Waals surface area contributed by atoms with E-state index in [2.05, 4.69) is 15.4 Å². The van der Waals surface area contributed by atoms with Crippen molar-refractivity contribution < 1.29 is 28.7 Å². The number of amides is 2. The molecule has 0 spiro atoms. The SMILES string of the molecule is COC(=O)[C@H](CC(C)C)NC(=O)COC(=O)Cc1ccc(NC(C)=O)cc1. The van der Waals surface area contributed by atoms with Gasteiger partial charge < -0.3 is 20.1 Å². The van der Waals surface area contributed by atoms with Crippen molar-refractivity contribution in [2.75, 3.05) is 19.0 Å². The zero-order chi connectivity index (χ0) is 20.4. The first kappa shape index (κ1) is 22.1. The molecule has 2 N–H and O–H groups in total. The van der Waals surface area contributed by atoms with Crippen LogP contribution in [0.3, 0.4) is 0 Å². The molecule has 0 aromatic heterocycles. The summed E-state index contributed by atoms with van der Waals surface area (Å²) in [5.41, 5.74) is 1.31. The van der Waals surface area contributed by atoms with Gasteiger partial charge in [-0.05, 0) is 30.0 Å². The standard InChI is InChI=1S/C19H26N2O6/c1-12(2)9-16(19(25)26-4)21-17(23)11-27-18(24)10-14-5-7-15(8-6-14)20-13(3)22/h5-8,12,16H,9-11H2,1-4H3,(H,20,22)(H,21,23)/t16-/m0/s1. The number of rotatable bonds is 9. The fourth-order valence-corrected chi connectivity index (χ4v) is 2.34. The molecular weight excluding hydrogens is 352 g/mol. The molecule has 1 rings (SSSR count). The molecule has 0 radical (unpaired) electrons. The van der Waals surface area contributed by atoms with Crippen LogP contribution in [0.2, 0.25) is 0 Å². The van der Waals surface area contributed by atoms with Crippen LogP contribution in [-0.2, 0) is 35.1 Å². The van der Waals surface area contributed by atoms with Crippen molar-refractivity contribution in [3.05, 3.63) is 29.8 Å². The molecule has 0 aliphatic heterocycles. The van der Waals surface area contributed by atoms with E-state index in [0.29, 0.717) is 17.7 Å². The molecule has 8 heteroatoms. The van der Waals surface area contributed by atoms with E-state index in [1.54, 1.807) is 24.3 Å². The average Bonchev–Trinajstić information content (AvgIpc) is 2.59. The Bertz CT molecular complexity index is 669. The molecule has 1 aromatic rings. The Morgan fingerprint density at radius 2 is 1.70 bits per heavy atom. The van der Waals surface area contributed by atoms with Gasteiger partial charge in [0.05, 0.1) is 13.5 Å². The number of anilines is 1. The Labute approximate surface area is 158 Å². The van der Waals surface area contributed by atoms with Crippen molar-refractivity contribution in [2.45, 2.75) is 39.7 Å². The lowest BCUT2D eigenvalue weighted by Crippen LogP contribution is -2.44. The summed E-state index contributed by atoms with van der Waals surface area (Å²) in [6.07, 6.45) is 0.410. The second-order valence-electron chi connectivity index (χ2n) is 6.49. The molecule has 2 amide bonds. The van der Waals surface area contributed by atoms with Crippen LogP contribution < -0.4 is 10.6 Å². The molecule has 0 heterocycles. The maximum absolute atomic E-state index is 11.9. The predicted octanol–water partition coefficient (Wildman–Crippen LogP) is 1.43. The van der Waals surface area contributed by atoms with Gasteiger partial charge in [-0.15, -0.1) is 0 Å². The molecule has 0 saturated heterocycles. The summed E-state index contributed by atoms with van der Waals surface area (Å²) in [4.78, 5) is 46.4. The third-order valence-electron chi connectivity index (χ3n) is 3.52. The van der Waals surface area contributed by atoms with Gasteiger partial charge in [0.1, 0.15) is 6.04 Å². The van der Waals surface area contributed by atoms with Crippen molar-refractivity contribution in [1.82, 2.24) is 5.32 Å². The Hall–Kier alpha value is -2.90. The van der Waals surface area contributed by atoms with Crippen molar-refractivity contribution in [1.29, 1.82) is 0 Å². The van der Waals surface area contributed by atoms with Crippen LogP contribution in [0.5, 0.6) is 0 Å². The maximum Gasteiger partial charge on any atom is 0.328 e. The molecule has 148 valence electrons. The summed E-state index contributed by atoms with van der Waals surface area (Å²) >= 11 is 0. The number of hydrogen-bond donors (Lipinski definition) is 2. The van der Waals surface area contributed by atoms with E-state index in [4.69, 9.17) is 4.74 Å². The topological polar surface area (TPSA) is 111 Å². The summed E-state index contributed by atoms with van der Waals surface area (Å²) in [5.74, 6) is -1.69. The fraction of sp³-hybridized carbons (Fsp3) is 0.474. The molecule has 0 saturated carbocycles. The highest BCUT2D eigenvalue weighted by Crippen LogP contribution is 2.10. The highest BCUT2D eigenvalue weighted by molar-refractivity contribution is 5.89. The molecule has 1 atom stereocenters. The second-order valence-corrected chi connectivity index (χ2v) is 6.49. The summed E-state index contributed by atoms with van der Waals surface area (Å²) in [6.45, 7) is 4.76. The number of carbonyl (C=O) groups is 4. The minimum Gasteiger partial charge on any atom is -0.467 e. The average molecular weight is 378 g/mol. The largest absolute Gasteiger partial charge is 0.467 e. The first-order valence-electron chi connectivity index (χ1n) is 8.60. The van der Waals surface area contributed by atoms with Crippen LogP contribution >= 0.6 is 0 Å². The molecular formula is C19H26N2O6. The summed E-state index contributed by atoms with van der Waals surface area (Å²) in [7, 11) is 1.25. The van der Waals surface area contributed by atoms with E-state index in [0.717, 1.165) is 0 Å². The van der Waals surface area contributed by atoms with E-state index < -0.39 is 30.5 Å². The monoisotopic (exact) mass is 378 g/mol. The molecule has 0 fully saturated rings. The van der Waals surface area contributed by atoms with E-state index in [-0.39, 0.29) is 18.2 Å². The van der Waals surface area contributed by atoms with Crippen LogP contribution in [0.25, 0.3) is 0 Å². The van der Waals surface area contributed by atoms with Gasteiger partial charge in [-0.1, -0.05) is 26.0 Å². The molecule has 27 heavy (non-hydrogen) atoms. The van der Waals surface area contributed by atoms with Gasteiger partial charge >= 0.3 is 11.9 Å². The first-order chi connectivity index (χ1) is 12.7. The van der Waals surface area contributed by atoms with E-state index in [9.17, 15) is 19.2 Å². The third-order valence-corrected chi connectivity index (χ3v) is 3.52. The van der Waals surface area contributed by atoms with Gasteiger partial charge in [0.25, 0.3) is 5.91 Å². The van der Waals surface area contributed by atoms with Crippen molar-refractivity contribution in [3.63, 3.8) is 0 Å². The minimum absolute atomic E-state index is 0.0138. The Morgan fingerprint density at radius 3 is 2.22 bits per heavy atom. The van der Waals surface area contributed by atoms with Gasteiger partial charge in [0, 0.05) is 12.6 Å². The van der Waals surface area contributed by atoms with Gasteiger partial charge in [-0.2, -0.15) is 0 Å². The highest BCUT2D eigenvalue weighted by Gasteiger charge is 2.23. The van der Waals surface area contributed by atoms with Gasteiger partial charge in [0.2, 0.25) is 5.91 Å². The maximum atomic E-state index is 11.9. The molecule has 8 nitrogen and oxygen atoms in total. The van der Waals surface area contributed by atoms with Crippen LogP contribution in [0.1, 0.15) is 32.8 Å². The van der Waals surface area contributed by atoms with E-state index >= 15 is 0 Å². The number of nitrogens with one attached hydrogen (secondary N) is 2. The van der Waals surface area contributed by atoms with Crippen molar-refractivity contribution in [2.24, 2.45) is 5.92 Å². The van der Waals surface area contributed by atoms with Gasteiger partial charge in [0.15, 0.2) is 6.61 Å². The molecule has 0 aliphatic rings. The number of carbonyl (C=O) groups excluding carboxylic acids is 4. The lowest BCUT2D eigenvalue weighted by Gasteiger charge is -2.18. The van der Waals surface area contributed by atoms with Crippen LogP contribution in [0.15, 0.2) is 24.3 Å². The van der Waals surface area contributed by atoms with Crippen molar-refractivity contribution in [3.8, 4) is 0 Å². The first-order valence-corrected chi connectivity index (χ1v) is 8.60. The lowest BCUT2D eigenvalue weighted by atomic mass is 10.0. The minimum atomic E-state index is -0.775. The predicted molar refractivity (Wildman–Crippen MR) is 98.8 cm³/mol. The van der Waals surface area contributed by atoms with Crippen LogP contribution in [-0.4, -0.2) is 43.5 Å². The number of ether oxygens (including phenoxy) is 2. The Balaban J connectivity index is 2.47. The lowest BCUT2D eigenvalue weighted by molar-refractivity contribution is -0.150. The quantitative estimate of drug-likeness (QED) is 0.629. The summed E-state index contributed by atoms with van der Waals surface area (Å²) in [6, 6.07) is 5.93. The van der Waals surface area contributed by atoms with Gasteiger partial charge in [-0.3, -0.25) is 14.4 Å². The highest BCUT2D eigenvalue weighted by atomic mass is 16.5. The number of methoxy groups -OCH3 is 1. The van der Waals surface area contributed by atoms with E-state index in [1.165, 1.54) is 14.0 Å². The number of esters is 2. The molecule has 1 aromatic carbocycles. The summed E-state index contributed by atoms with van der Waals surface area (Å²) in [5, 5.41) is 5.14. The normalized spacial score (nSPS) is 11.4. The van der Waals surface area contributed by atoms with Gasteiger partial charge in [-0.25, -0.2) is 4.79 Å². The summed E-state index contributed by atoms with van der Waals surface area (Å²) < 4.78 is 9.61. The Kier molecular flexibility index (Phi) is 8.98. The van der Waals surface area contributed by atoms with Crippen LogP contribution in [0, 0.1) is 5.92 Å². The number of hydrogen-bond acceptors (Lipinski definition) is 6. The molecule has 0 bridgehead atoms. The van der Waals surface area contributed by atoms with E-state index in [1.807, 2.05) is 13.8 Å².